The lowest BCUT2D eigenvalue weighted by atomic mass is 10.1. The molecule has 1 fully saturated rings. The molecule has 1 aliphatic rings. The van der Waals surface area contributed by atoms with Crippen molar-refractivity contribution in [3.8, 4) is 0 Å². The summed E-state index contributed by atoms with van der Waals surface area (Å²) in [5.41, 5.74) is 1.18. The highest BCUT2D eigenvalue weighted by Gasteiger charge is 2.17. The summed E-state index contributed by atoms with van der Waals surface area (Å²) in [5, 5.41) is 3.41. The van der Waals surface area contributed by atoms with E-state index in [0.717, 1.165) is 19.6 Å². The molecule has 0 bridgehead atoms. The monoisotopic (exact) mass is 222 g/mol. The van der Waals surface area contributed by atoms with Gasteiger partial charge < -0.3 is 5.32 Å². The first kappa shape index (κ1) is 11.6. The van der Waals surface area contributed by atoms with Gasteiger partial charge in [0.25, 0.3) is 0 Å². The number of likely N-dealkylation sites (N-methyl/N-ethyl adjacent to an activating group) is 1. The molecule has 2 rings (SSSR count). The topological polar surface area (TPSA) is 15.3 Å². The Labute approximate surface area is 96.5 Å². The molecule has 1 atom stereocenters. The Balaban J connectivity index is 1.90. The molecule has 3 heteroatoms. The molecule has 1 saturated heterocycles. The first-order valence-corrected chi connectivity index (χ1v) is 5.91. The predicted octanol–water partition coefficient (Wildman–Crippen LogP) is 2.01. The van der Waals surface area contributed by atoms with Crippen LogP contribution in [0.15, 0.2) is 24.3 Å². The van der Waals surface area contributed by atoms with Crippen molar-refractivity contribution in [1.29, 1.82) is 0 Å². The third kappa shape index (κ3) is 3.03. The molecule has 1 aliphatic heterocycles. The average Bonchev–Trinajstić information content (AvgIpc) is 2.33. The number of piperidine rings is 1. The Morgan fingerprint density at radius 2 is 2.12 bits per heavy atom. The summed E-state index contributed by atoms with van der Waals surface area (Å²) >= 11 is 0. The van der Waals surface area contributed by atoms with Crippen LogP contribution in [-0.4, -0.2) is 31.1 Å². The van der Waals surface area contributed by atoms with Crippen LogP contribution in [0.25, 0.3) is 0 Å². The van der Waals surface area contributed by atoms with Crippen molar-refractivity contribution in [2.75, 3.05) is 20.1 Å². The summed E-state index contributed by atoms with van der Waals surface area (Å²) in [6.07, 6.45) is 2.50. The fraction of sp³-hybridized carbons (Fsp3) is 0.538. The third-order valence-corrected chi connectivity index (χ3v) is 3.24. The van der Waals surface area contributed by atoms with Gasteiger partial charge in [0.15, 0.2) is 0 Å². The number of benzene rings is 1. The normalized spacial score (nSPS) is 21.3. The number of nitrogens with zero attached hydrogens (tertiary/aromatic N) is 1. The molecule has 0 amide bonds. The molecule has 1 heterocycles. The largest absolute Gasteiger partial charge is 0.315 e. The van der Waals surface area contributed by atoms with E-state index in [0.29, 0.717) is 6.04 Å². The molecule has 0 saturated carbocycles. The maximum Gasteiger partial charge on any atom is 0.123 e. The second-order valence-electron chi connectivity index (χ2n) is 4.54. The summed E-state index contributed by atoms with van der Waals surface area (Å²) in [6, 6.07) is 7.40. The van der Waals surface area contributed by atoms with Gasteiger partial charge in [-0.15, -0.1) is 0 Å². The molecule has 88 valence electrons. The van der Waals surface area contributed by atoms with Gasteiger partial charge in [0.2, 0.25) is 0 Å². The maximum absolute atomic E-state index is 12.8. The van der Waals surface area contributed by atoms with Gasteiger partial charge >= 0.3 is 0 Å². The third-order valence-electron chi connectivity index (χ3n) is 3.24. The van der Waals surface area contributed by atoms with Crippen molar-refractivity contribution in [3.05, 3.63) is 35.6 Å². The minimum atomic E-state index is -0.161. The average molecular weight is 222 g/mol. The molecular formula is C13H19FN2. The number of rotatable bonds is 3. The molecule has 1 aromatic rings. The van der Waals surface area contributed by atoms with Crippen LogP contribution in [0.2, 0.25) is 0 Å². The second-order valence-corrected chi connectivity index (χ2v) is 4.54. The minimum absolute atomic E-state index is 0.161. The van der Waals surface area contributed by atoms with Crippen LogP contribution in [0.5, 0.6) is 0 Å². The van der Waals surface area contributed by atoms with Crippen LogP contribution < -0.4 is 5.32 Å². The van der Waals surface area contributed by atoms with E-state index in [9.17, 15) is 4.39 Å². The van der Waals surface area contributed by atoms with E-state index in [1.54, 1.807) is 0 Å². The Bertz CT molecular complexity index is 317. The molecule has 0 radical (unpaired) electrons. The van der Waals surface area contributed by atoms with Gasteiger partial charge in [-0.2, -0.15) is 0 Å². The molecular weight excluding hydrogens is 203 g/mol. The number of halogens is 1. The van der Waals surface area contributed by atoms with E-state index in [1.165, 1.54) is 30.5 Å². The van der Waals surface area contributed by atoms with Gasteiger partial charge in [-0.1, -0.05) is 12.1 Å². The van der Waals surface area contributed by atoms with Gasteiger partial charge in [-0.25, -0.2) is 4.39 Å². The first-order valence-electron chi connectivity index (χ1n) is 5.91. The van der Waals surface area contributed by atoms with Crippen LogP contribution in [0, 0.1) is 5.82 Å². The first-order chi connectivity index (χ1) is 7.75. The predicted molar refractivity (Wildman–Crippen MR) is 63.8 cm³/mol. The summed E-state index contributed by atoms with van der Waals surface area (Å²) in [7, 11) is 2.14. The molecule has 16 heavy (non-hydrogen) atoms. The highest BCUT2D eigenvalue weighted by Crippen LogP contribution is 2.12. The van der Waals surface area contributed by atoms with E-state index >= 15 is 0 Å². The van der Waals surface area contributed by atoms with Crippen LogP contribution in [0.3, 0.4) is 0 Å². The van der Waals surface area contributed by atoms with Crippen LogP contribution in [0.4, 0.5) is 4.39 Å². The van der Waals surface area contributed by atoms with E-state index in [2.05, 4.69) is 17.3 Å². The number of hydrogen-bond acceptors (Lipinski definition) is 2. The smallest absolute Gasteiger partial charge is 0.123 e. The quantitative estimate of drug-likeness (QED) is 0.841. The Hall–Kier alpha value is -0.930. The molecule has 0 aromatic heterocycles. The summed E-state index contributed by atoms with van der Waals surface area (Å²) in [4.78, 5) is 2.35. The molecule has 0 aliphatic carbocycles. The SMILES string of the molecule is CN(Cc1ccc(F)cc1)[C@@H]1CCCNC1. The lowest BCUT2D eigenvalue weighted by Gasteiger charge is -2.31. The Morgan fingerprint density at radius 1 is 1.38 bits per heavy atom. The van der Waals surface area contributed by atoms with E-state index < -0.39 is 0 Å². The highest BCUT2D eigenvalue weighted by molar-refractivity contribution is 5.15. The zero-order valence-corrected chi connectivity index (χ0v) is 9.75. The number of hydrogen-bond donors (Lipinski definition) is 1. The lowest BCUT2D eigenvalue weighted by molar-refractivity contribution is 0.196. The molecule has 1 aromatic carbocycles. The summed E-state index contributed by atoms with van der Waals surface area (Å²) < 4.78 is 12.8. The maximum atomic E-state index is 12.8. The molecule has 1 N–H and O–H groups in total. The Kier molecular flexibility index (Phi) is 3.91. The van der Waals surface area contributed by atoms with E-state index in [-0.39, 0.29) is 5.82 Å². The van der Waals surface area contributed by atoms with Crippen molar-refractivity contribution < 1.29 is 4.39 Å². The van der Waals surface area contributed by atoms with Crippen LogP contribution in [-0.2, 0) is 6.54 Å². The van der Waals surface area contributed by atoms with Crippen molar-refractivity contribution in [2.24, 2.45) is 0 Å². The number of nitrogens with one attached hydrogen (secondary N) is 1. The lowest BCUT2D eigenvalue weighted by Crippen LogP contribution is -2.43. The standard InChI is InChI=1S/C13H19FN2/c1-16(13-3-2-8-15-9-13)10-11-4-6-12(14)7-5-11/h4-7,13,15H,2-3,8-10H2,1H3/t13-/m1/s1. The summed E-state index contributed by atoms with van der Waals surface area (Å²) in [5.74, 6) is -0.161. The van der Waals surface area contributed by atoms with Crippen molar-refractivity contribution in [2.45, 2.75) is 25.4 Å². The van der Waals surface area contributed by atoms with Crippen LogP contribution >= 0.6 is 0 Å². The van der Waals surface area contributed by atoms with Gasteiger partial charge in [-0.05, 0) is 44.1 Å². The van der Waals surface area contributed by atoms with Gasteiger partial charge in [0, 0.05) is 19.1 Å². The highest BCUT2D eigenvalue weighted by atomic mass is 19.1. The fourth-order valence-corrected chi connectivity index (χ4v) is 2.22. The zero-order valence-electron chi connectivity index (χ0n) is 9.75. The van der Waals surface area contributed by atoms with Crippen molar-refractivity contribution >= 4 is 0 Å². The van der Waals surface area contributed by atoms with Crippen LogP contribution in [0.1, 0.15) is 18.4 Å². The van der Waals surface area contributed by atoms with E-state index in [1.807, 2.05) is 12.1 Å². The van der Waals surface area contributed by atoms with Gasteiger partial charge in [-0.3, -0.25) is 4.90 Å². The van der Waals surface area contributed by atoms with Gasteiger partial charge in [0.1, 0.15) is 5.82 Å². The molecule has 0 unspecified atom stereocenters. The zero-order chi connectivity index (χ0) is 11.4. The summed E-state index contributed by atoms with van der Waals surface area (Å²) in [6.45, 7) is 3.10. The second kappa shape index (κ2) is 5.41. The van der Waals surface area contributed by atoms with Crippen molar-refractivity contribution in [1.82, 2.24) is 10.2 Å². The van der Waals surface area contributed by atoms with E-state index in [4.69, 9.17) is 0 Å². The van der Waals surface area contributed by atoms with Gasteiger partial charge in [0.05, 0.1) is 0 Å². The van der Waals surface area contributed by atoms with Crippen molar-refractivity contribution in [3.63, 3.8) is 0 Å². The molecule has 2 nitrogen and oxygen atoms in total. The Morgan fingerprint density at radius 3 is 2.75 bits per heavy atom. The molecule has 0 spiro atoms. The minimum Gasteiger partial charge on any atom is -0.315 e. The fourth-order valence-electron chi connectivity index (χ4n) is 2.22.